The predicted octanol–water partition coefficient (Wildman–Crippen LogP) is 2.58. The molecule has 0 fully saturated rings. The molecule has 4 nitrogen and oxygen atoms in total. The lowest BCUT2D eigenvalue weighted by Crippen LogP contribution is -2.15. The van der Waals surface area contributed by atoms with Gasteiger partial charge in [0.15, 0.2) is 0 Å². The van der Waals surface area contributed by atoms with E-state index in [1.54, 1.807) is 17.8 Å². The van der Waals surface area contributed by atoms with E-state index in [2.05, 4.69) is 5.32 Å². The maximum Gasteiger partial charge on any atom is 0.304 e. The van der Waals surface area contributed by atoms with Crippen LogP contribution in [0.1, 0.15) is 12.0 Å². The average Bonchev–Trinajstić information content (AvgIpc) is 2.28. The Labute approximate surface area is 104 Å². The van der Waals surface area contributed by atoms with Gasteiger partial charge in [-0.2, -0.15) is 16.2 Å². The summed E-state index contributed by atoms with van der Waals surface area (Å²) in [6.07, 6.45) is 3.10. The van der Waals surface area contributed by atoms with Crippen molar-refractivity contribution in [2.24, 2.45) is 0 Å². The molecule has 1 rings (SSSR count). The minimum Gasteiger partial charge on any atom is -0.313 e. The number of nitro groups is 1. The first-order chi connectivity index (χ1) is 8.15. The molecular formula is C11H15FN2O2S. The molecule has 1 aromatic carbocycles. The van der Waals surface area contributed by atoms with Crippen LogP contribution in [-0.2, 0) is 6.54 Å². The molecule has 0 aromatic heterocycles. The van der Waals surface area contributed by atoms with Crippen LogP contribution in [0.3, 0.4) is 0 Å². The Morgan fingerprint density at radius 3 is 2.88 bits per heavy atom. The number of halogens is 1. The van der Waals surface area contributed by atoms with Gasteiger partial charge in [-0.25, -0.2) is 0 Å². The summed E-state index contributed by atoms with van der Waals surface area (Å²) in [5, 5.41) is 13.6. The zero-order chi connectivity index (χ0) is 12.7. The van der Waals surface area contributed by atoms with E-state index in [1.165, 1.54) is 12.1 Å². The zero-order valence-corrected chi connectivity index (χ0v) is 10.4. The van der Waals surface area contributed by atoms with Crippen LogP contribution in [-0.4, -0.2) is 23.5 Å². The highest BCUT2D eigenvalue weighted by Gasteiger charge is 2.13. The summed E-state index contributed by atoms with van der Waals surface area (Å²) in [6.45, 7) is 1.39. The van der Waals surface area contributed by atoms with Crippen LogP contribution in [0, 0.1) is 15.9 Å². The summed E-state index contributed by atoms with van der Waals surface area (Å²) in [5.41, 5.74) is 0.244. The summed E-state index contributed by atoms with van der Waals surface area (Å²) in [6, 6.07) is 3.98. The van der Waals surface area contributed by atoms with Crippen molar-refractivity contribution in [1.29, 1.82) is 0 Å². The molecular weight excluding hydrogens is 243 g/mol. The first-order valence-corrected chi connectivity index (χ1v) is 6.67. The number of thioether (sulfide) groups is 1. The molecule has 0 bridgehead atoms. The highest BCUT2D eigenvalue weighted by molar-refractivity contribution is 7.98. The number of benzene rings is 1. The number of hydrogen-bond donors (Lipinski definition) is 1. The molecule has 0 heterocycles. The standard InChI is InChI=1S/C11H15FN2O2S/c1-17-6-2-5-13-8-9-3-4-11(14(15)16)10(12)7-9/h3-4,7,13H,2,5-6,8H2,1H3. The molecule has 0 aliphatic heterocycles. The van der Waals surface area contributed by atoms with Crippen molar-refractivity contribution in [3.05, 3.63) is 39.7 Å². The maximum absolute atomic E-state index is 13.3. The monoisotopic (exact) mass is 258 g/mol. The topological polar surface area (TPSA) is 55.2 Å². The average molecular weight is 258 g/mol. The fourth-order valence-corrected chi connectivity index (χ4v) is 1.82. The molecule has 0 aliphatic rings. The van der Waals surface area contributed by atoms with Gasteiger partial charge in [-0.3, -0.25) is 10.1 Å². The van der Waals surface area contributed by atoms with Crippen molar-refractivity contribution >= 4 is 17.4 Å². The smallest absolute Gasteiger partial charge is 0.304 e. The van der Waals surface area contributed by atoms with E-state index in [4.69, 9.17) is 0 Å². The van der Waals surface area contributed by atoms with Crippen LogP contribution in [0.15, 0.2) is 18.2 Å². The van der Waals surface area contributed by atoms with Crippen molar-refractivity contribution in [3.8, 4) is 0 Å². The fourth-order valence-electron chi connectivity index (χ4n) is 1.38. The quantitative estimate of drug-likeness (QED) is 0.464. The molecule has 0 atom stereocenters. The lowest BCUT2D eigenvalue weighted by Gasteiger charge is -2.04. The van der Waals surface area contributed by atoms with Gasteiger partial charge in [0.25, 0.3) is 0 Å². The first-order valence-electron chi connectivity index (χ1n) is 5.27. The Morgan fingerprint density at radius 1 is 1.53 bits per heavy atom. The lowest BCUT2D eigenvalue weighted by atomic mass is 10.2. The summed E-state index contributed by atoms with van der Waals surface area (Å²) in [5.74, 6) is 0.306. The van der Waals surface area contributed by atoms with Crippen molar-refractivity contribution in [3.63, 3.8) is 0 Å². The molecule has 17 heavy (non-hydrogen) atoms. The summed E-state index contributed by atoms with van der Waals surface area (Å²) in [7, 11) is 0. The minimum atomic E-state index is -0.779. The number of nitro benzene ring substituents is 1. The summed E-state index contributed by atoms with van der Waals surface area (Å²) < 4.78 is 13.3. The molecule has 0 spiro atoms. The highest BCUT2D eigenvalue weighted by atomic mass is 32.2. The molecule has 1 N–H and O–H groups in total. The SMILES string of the molecule is CSCCCNCc1ccc([N+](=O)[O-])c(F)c1. The molecule has 0 saturated heterocycles. The van der Waals surface area contributed by atoms with Crippen LogP contribution in [0.2, 0.25) is 0 Å². The van der Waals surface area contributed by atoms with Crippen LogP contribution < -0.4 is 5.32 Å². The molecule has 0 radical (unpaired) electrons. The van der Waals surface area contributed by atoms with Gasteiger partial charge >= 0.3 is 5.69 Å². The third-order valence-corrected chi connectivity index (χ3v) is 2.94. The number of nitrogens with zero attached hydrogens (tertiary/aromatic N) is 1. The second-order valence-corrected chi connectivity index (χ2v) is 4.55. The fraction of sp³-hybridized carbons (Fsp3) is 0.455. The van der Waals surface area contributed by atoms with Crippen LogP contribution in [0.5, 0.6) is 0 Å². The van der Waals surface area contributed by atoms with E-state index < -0.39 is 16.4 Å². The third kappa shape index (κ3) is 4.70. The van der Waals surface area contributed by atoms with Crippen LogP contribution >= 0.6 is 11.8 Å². The van der Waals surface area contributed by atoms with Gasteiger partial charge in [0.05, 0.1) is 4.92 Å². The van der Waals surface area contributed by atoms with Crippen molar-refractivity contribution in [1.82, 2.24) is 5.32 Å². The molecule has 0 unspecified atom stereocenters. The second-order valence-electron chi connectivity index (χ2n) is 3.57. The number of nitrogens with one attached hydrogen (secondary N) is 1. The van der Waals surface area contributed by atoms with Gasteiger partial charge in [0.2, 0.25) is 5.82 Å². The van der Waals surface area contributed by atoms with Crippen molar-refractivity contribution < 1.29 is 9.31 Å². The van der Waals surface area contributed by atoms with Gasteiger partial charge in [-0.1, -0.05) is 6.07 Å². The Balaban J connectivity index is 2.45. The predicted molar refractivity (Wildman–Crippen MR) is 67.8 cm³/mol. The molecule has 0 saturated carbocycles. The second kappa shape index (κ2) is 7.24. The summed E-state index contributed by atoms with van der Waals surface area (Å²) >= 11 is 1.78. The van der Waals surface area contributed by atoms with E-state index in [9.17, 15) is 14.5 Å². The Bertz CT molecular complexity index is 388. The van der Waals surface area contributed by atoms with E-state index in [0.717, 1.165) is 24.3 Å². The van der Waals surface area contributed by atoms with E-state index in [-0.39, 0.29) is 0 Å². The maximum atomic E-state index is 13.3. The van der Waals surface area contributed by atoms with Gasteiger partial charge < -0.3 is 5.32 Å². The molecule has 6 heteroatoms. The van der Waals surface area contributed by atoms with Gasteiger partial charge in [0.1, 0.15) is 0 Å². The third-order valence-electron chi connectivity index (χ3n) is 2.24. The van der Waals surface area contributed by atoms with Crippen LogP contribution in [0.25, 0.3) is 0 Å². The van der Waals surface area contributed by atoms with Gasteiger partial charge in [0, 0.05) is 12.6 Å². The normalized spacial score (nSPS) is 10.5. The van der Waals surface area contributed by atoms with Gasteiger partial charge in [-0.05, 0) is 36.6 Å². The zero-order valence-electron chi connectivity index (χ0n) is 9.61. The largest absolute Gasteiger partial charge is 0.313 e. The lowest BCUT2D eigenvalue weighted by molar-refractivity contribution is -0.387. The van der Waals surface area contributed by atoms with Crippen molar-refractivity contribution in [2.45, 2.75) is 13.0 Å². The van der Waals surface area contributed by atoms with Crippen LogP contribution in [0.4, 0.5) is 10.1 Å². The first kappa shape index (κ1) is 13.9. The number of rotatable bonds is 7. The highest BCUT2D eigenvalue weighted by Crippen LogP contribution is 2.17. The molecule has 94 valence electrons. The molecule has 0 aliphatic carbocycles. The molecule has 0 amide bonds. The Hall–Kier alpha value is -1.14. The van der Waals surface area contributed by atoms with E-state index in [0.29, 0.717) is 6.54 Å². The Morgan fingerprint density at radius 2 is 2.29 bits per heavy atom. The van der Waals surface area contributed by atoms with Gasteiger partial charge in [-0.15, -0.1) is 0 Å². The number of hydrogen-bond acceptors (Lipinski definition) is 4. The Kier molecular flexibility index (Phi) is 5.93. The molecule has 1 aromatic rings. The van der Waals surface area contributed by atoms with E-state index >= 15 is 0 Å². The van der Waals surface area contributed by atoms with Crippen molar-refractivity contribution in [2.75, 3.05) is 18.6 Å². The summed E-state index contributed by atoms with van der Waals surface area (Å²) in [4.78, 5) is 9.70. The van der Waals surface area contributed by atoms with E-state index in [1.807, 2.05) is 6.26 Å². The minimum absolute atomic E-state index is 0.476.